The van der Waals surface area contributed by atoms with Crippen LogP contribution in [0, 0.1) is 6.92 Å². The van der Waals surface area contributed by atoms with Crippen LogP contribution in [0.2, 0.25) is 0 Å². The van der Waals surface area contributed by atoms with E-state index in [-0.39, 0.29) is 17.7 Å². The van der Waals surface area contributed by atoms with Crippen LogP contribution in [0.4, 0.5) is 5.82 Å². The number of aromatic nitrogens is 3. The molecule has 0 saturated carbocycles. The normalized spacial score (nSPS) is 17.1. The van der Waals surface area contributed by atoms with E-state index in [0.29, 0.717) is 36.8 Å². The van der Waals surface area contributed by atoms with Crippen LogP contribution in [0.25, 0.3) is 11.3 Å². The molecule has 0 unspecified atom stereocenters. The van der Waals surface area contributed by atoms with Crippen LogP contribution in [0.3, 0.4) is 0 Å². The summed E-state index contributed by atoms with van der Waals surface area (Å²) in [6.07, 6.45) is 1.54. The Kier molecular flexibility index (Phi) is 6.79. The fourth-order valence-electron chi connectivity index (χ4n) is 4.65. The number of aryl methyl sites for hydroxylation is 2. The molecule has 1 aliphatic carbocycles. The van der Waals surface area contributed by atoms with Crippen molar-refractivity contribution in [2.24, 2.45) is 0 Å². The third-order valence-electron chi connectivity index (χ3n) is 6.27. The lowest BCUT2D eigenvalue weighted by Gasteiger charge is -2.26. The van der Waals surface area contributed by atoms with E-state index in [4.69, 9.17) is 14.5 Å². The molecule has 2 atom stereocenters. The van der Waals surface area contributed by atoms with E-state index in [1.807, 2.05) is 26.8 Å². The fourth-order valence-corrected chi connectivity index (χ4v) is 4.65. The summed E-state index contributed by atoms with van der Waals surface area (Å²) in [5.74, 6) is 1.28. The Balaban J connectivity index is 1.81. The summed E-state index contributed by atoms with van der Waals surface area (Å²) in [5, 5.41) is 3.66. The molecule has 33 heavy (non-hydrogen) atoms. The third-order valence-corrected chi connectivity index (χ3v) is 6.27. The lowest BCUT2D eigenvalue weighted by molar-refractivity contribution is 0.0572. The van der Waals surface area contributed by atoms with Gasteiger partial charge in [0.05, 0.1) is 30.6 Å². The minimum atomic E-state index is -0.133. The van der Waals surface area contributed by atoms with Gasteiger partial charge in [0.15, 0.2) is 0 Å². The van der Waals surface area contributed by atoms with Crippen LogP contribution in [0.5, 0.6) is 5.88 Å². The van der Waals surface area contributed by atoms with E-state index in [1.54, 1.807) is 17.7 Å². The Morgan fingerprint density at radius 1 is 1.12 bits per heavy atom. The topological polar surface area (TPSA) is 78.3 Å². The number of ether oxygens (including phenoxy) is 2. The van der Waals surface area contributed by atoms with Crippen molar-refractivity contribution in [3.8, 4) is 17.1 Å². The Morgan fingerprint density at radius 3 is 2.58 bits per heavy atom. The maximum absolute atomic E-state index is 13.6. The number of anilines is 1. The number of nitrogens with one attached hydrogen (secondary N) is 1. The number of rotatable bonds is 8. The summed E-state index contributed by atoms with van der Waals surface area (Å²) in [5.41, 5.74) is 5.06. The van der Waals surface area contributed by atoms with Crippen molar-refractivity contribution >= 4 is 5.82 Å². The first-order valence-corrected chi connectivity index (χ1v) is 11.6. The van der Waals surface area contributed by atoms with Gasteiger partial charge in [-0.05, 0) is 44.4 Å². The molecule has 1 aromatic carbocycles. The van der Waals surface area contributed by atoms with Gasteiger partial charge in [0.2, 0.25) is 5.88 Å². The maximum Gasteiger partial charge on any atom is 0.278 e. The highest BCUT2D eigenvalue weighted by Crippen LogP contribution is 2.36. The molecule has 7 heteroatoms. The van der Waals surface area contributed by atoms with Crippen molar-refractivity contribution in [2.75, 3.05) is 19.0 Å². The summed E-state index contributed by atoms with van der Waals surface area (Å²) >= 11 is 0. The molecule has 0 bridgehead atoms. The van der Waals surface area contributed by atoms with E-state index in [9.17, 15) is 4.79 Å². The molecule has 2 aromatic heterocycles. The Morgan fingerprint density at radius 2 is 1.91 bits per heavy atom. The average Bonchev–Trinajstić information content (AvgIpc) is 3.17. The standard InChI is InChI=1S/C26H32N4O3/c1-6-20-25(29-23-19-12-10-9-11-17(19)15-21(23)33-8-3)30(7-2)26(31)24(28-20)18-13-14-22(32-5)27-16(18)4/h9-14,21,23,29H,6-8,15H2,1-5H3/t21-,23+/m0/s1. The zero-order valence-corrected chi connectivity index (χ0v) is 20.0. The molecular formula is C26H32N4O3. The molecular weight excluding hydrogens is 416 g/mol. The number of benzene rings is 1. The van der Waals surface area contributed by atoms with E-state index in [1.165, 1.54) is 11.1 Å². The number of hydrogen-bond acceptors (Lipinski definition) is 6. The molecule has 0 amide bonds. The predicted molar refractivity (Wildman–Crippen MR) is 130 cm³/mol. The van der Waals surface area contributed by atoms with E-state index in [2.05, 4.69) is 41.5 Å². The fraction of sp³-hybridized carbons (Fsp3) is 0.423. The zero-order chi connectivity index (χ0) is 23.5. The minimum Gasteiger partial charge on any atom is -0.481 e. The SMILES string of the molecule is CCO[C@H]1Cc2ccccc2[C@H]1Nc1c(CC)nc(-c2ccc(OC)nc2C)c(=O)n1CC. The van der Waals surface area contributed by atoms with Gasteiger partial charge in [0.1, 0.15) is 11.5 Å². The molecule has 0 fully saturated rings. The quantitative estimate of drug-likeness (QED) is 0.553. The third kappa shape index (κ3) is 4.25. The van der Waals surface area contributed by atoms with Crippen molar-refractivity contribution in [3.05, 3.63) is 69.3 Å². The minimum absolute atomic E-state index is 0.00484. The lowest BCUT2D eigenvalue weighted by atomic mass is 10.1. The molecule has 4 rings (SSSR count). The van der Waals surface area contributed by atoms with E-state index in [0.717, 1.165) is 23.5 Å². The van der Waals surface area contributed by atoms with Gasteiger partial charge in [-0.1, -0.05) is 31.2 Å². The van der Waals surface area contributed by atoms with Gasteiger partial charge < -0.3 is 14.8 Å². The van der Waals surface area contributed by atoms with Gasteiger partial charge >= 0.3 is 0 Å². The Labute approximate surface area is 194 Å². The Bertz CT molecular complexity index is 1200. The average molecular weight is 449 g/mol. The molecule has 2 heterocycles. The molecule has 7 nitrogen and oxygen atoms in total. The first-order valence-electron chi connectivity index (χ1n) is 11.6. The highest BCUT2D eigenvalue weighted by Gasteiger charge is 2.34. The molecule has 1 aliphatic rings. The molecule has 0 radical (unpaired) electrons. The van der Waals surface area contributed by atoms with E-state index >= 15 is 0 Å². The van der Waals surface area contributed by atoms with Crippen LogP contribution >= 0.6 is 0 Å². The van der Waals surface area contributed by atoms with Crippen LogP contribution in [0.1, 0.15) is 49.3 Å². The first-order chi connectivity index (χ1) is 16.0. The molecule has 0 saturated heterocycles. The van der Waals surface area contributed by atoms with Gasteiger partial charge in [0, 0.05) is 31.2 Å². The largest absolute Gasteiger partial charge is 0.481 e. The summed E-state index contributed by atoms with van der Waals surface area (Å²) in [6, 6.07) is 12.0. The van der Waals surface area contributed by atoms with Gasteiger partial charge in [0.25, 0.3) is 5.56 Å². The summed E-state index contributed by atoms with van der Waals surface area (Å²) in [4.78, 5) is 22.9. The van der Waals surface area contributed by atoms with Crippen molar-refractivity contribution < 1.29 is 9.47 Å². The monoisotopic (exact) mass is 448 g/mol. The first kappa shape index (κ1) is 23.0. The second kappa shape index (κ2) is 9.75. The molecule has 174 valence electrons. The molecule has 0 aliphatic heterocycles. The number of methoxy groups -OCH3 is 1. The highest BCUT2D eigenvalue weighted by atomic mass is 16.5. The number of nitrogens with zero attached hydrogens (tertiary/aromatic N) is 3. The summed E-state index contributed by atoms with van der Waals surface area (Å²) < 4.78 is 13.1. The van der Waals surface area contributed by atoms with Gasteiger partial charge in [-0.15, -0.1) is 0 Å². The van der Waals surface area contributed by atoms with Gasteiger partial charge in [-0.25, -0.2) is 9.97 Å². The smallest absolute Gasteiger partial charge is 0.278 e. The second-order valence-electron chi connectivity index (χ2n) is 8.16. The van der Waals surface area contributed by atoms with Crippen LogP contribution in [-0.4, -0.2) is 34.4 Å². The Hall–Kier alpha value is -3.19. The van der Waals surface area contributed by atoms with Crippen molar-refractivity contribution in [2.45, 2.75) is 59.2 Å². The number of fused-ring (bicyclic) bond motifs is 1. The van der Waals surface area contributed by atoms with Crippen LogP contribution in [0.15, 0.2) is 41.2 Å². The van der Waals surface area contributed by atoms with Crippen molar-refractivity contribution in [3.63, 3.8) is 0 Å². The summed E-state index contributed by atoms with van der Waals surface area (Å²) in [7, 11) is 1.58. The van der Waals surface area contributed by atoms with Crippen LogP contribution in [-0.2, 0) is 24.1 Å². The summed E-state index contributed by atoms with van der Waals surface area (Å²) in [6.45, 7) is 9.09. The van der Waals surface area contributed by atoms with Gasteiger partial charge in [-0.2, -0.15) is 0 Å². The maximum atomic E-state index is 13.6. The molecule has 0 spiro atoms. The highest BCUT2D eigenvalue weighted by molar-refractivity contribution is 5.63. The zero-order valence-electron chi connectivity index (χ0n) is 20.0. The molecule has 1 N–H and O–H groups in total. The lowest BCUT2D eigenvalue weighted by Crippen LogP contribution is -2.32. The second-order valence-corrected chi connectivity index (χ2v) is 8.16. The predicted octanol–water partition coefficient (Wildman–Crippen LogP) is 4.32. The van der Waals surface area contributed by atoms with E-state index < -0.39 is 0 Å². The van der Waals surface area contributed by atoms with Crippen molar-refractivity contribution in [1.82, 2.24) is 14.5 Å². The number of pyridine rings is 1. The van der Waals surface area contributed by atoms with Crippen LogP contribution < -0.4 is 15.6 Å². The van der Waals surface area contributed by atoms with Crippen molar-refractivity contribution in [1.29, 1.82) is 0 Å². The van der Waals surface area contributed by atoms with Gasteiger partial charge in [-0.3, -0.25) is 9.36 Å². The number of hydrogen-bond donors (Lipinski definition) is 1. The molecule has 3 aromatic rings.